The molecule has 1 atom stereocenters. The summed E-state index contributed by atoms with van der Waals surface area (Å²) in [5.74, 6) is -0.903. The van der Waals surface area contributed by atoms with Crippen LogP contribution in [-0.4, -0.2) is 37.2 Å². The van der Waals surface area contributed by atoms with E-state index in [0.29, 0.717) is 19.3 Å². The van der Waals surface area contributed by atoms with Crippen LogP contribution in [0, 0.1) is 0 Å². The molecule has 0 aromatic heterocycles. The van der Waals surface area contributed by atoms with Gasteiger partial charge in [-0.25, -0.2) is 0 Å². The van der Waals surface area contributed by atoms with Crippen LogP contribution in [0.1, 0.15) is 329 Å². The first kappa shape index (κ1) is 73.6. The second kappa shape index (κ2) is 65.1. The van der Waals surface area contributed by atoms with Crippen molar-refractivity contribution in [1.82, 2.24) is 0 Å². The van der Waals surface area contributed by atoms with Gasteiger partial charge in [0.15, 0.2) is 6.10 Å². The molecule has 0 bridgehead atoms. The van der Waals surface area contributed by atoms with E-state index in [1.807, 2.05) is 0 Å². The van der Waals surface area contributed by atoms with E-state index in [1.165, 1.54) is 186 Å². The summed E-state index contributed by atoms with van der Waals surface area (Å²) in [5, 5.41) is 0. The van der Waals surface area contributed by atoms with Gasteiger partial charge in [0.05, 0.1) is 0 Å². The third-order valence-electron chi connectivity index (χ3n) is 14.4. The van der Waals surface area contributed by atoms with Crippen molar-refractivity contribution in [2.75, 3.05) is 13.2 Å². The van der Waals surface area contributed by atoms with Crippen LogP contribution in [0.4, 0.5) is 0 Å². The number of hydrogen-bond donors (Lipinski definition) is 0. The van der Waals surface area contributed by atoms with Gasteiger partial charge < -0.3 is 14.2 Å². The first-order valence-corrected chi connectivity index (χ1v) is 33.1. The van der Waals surface area contributed by atoms with Gasteiger partial charge in [-0.15, -0.1) is 0 Å². The quantitative estimate of drug-likeness (QED) is 0.0261. The van der Waals surface area contributed by atoms with Crippen LogP contribution in [0.25, 0.3) is 0 Å². The van der Waals surface area contributed by atoms with Crippen molar-refractivity contribution in [3.63, 3.8) is 0 Å². The minimum absolute atomic E-state index is 0.0865. The zero-order chi connectivity index (χ0) is 55.7. The van der Waals surface area contributed by atoms with Gasteiger partial charge in [0.25, 0.3) is 0 Å². The topological polar surface area (TPSA) is 78.9 Å². The second-order valence-electron chi connectivity index (χ2n) is 22.0. The lowest BCUT2D eigenvalue weighted by Crippen LogP contribution is -2.30. The maximum Gasteiger partial charge on any atom is 0.306 e. The van der Waals surface area contributed by atoms with E-state index in [4.69, 9.17) is 14.2 Å². The molecule has 0 saturated carbocycles. The lowest BCUT2D eigenvalue weighted by molar-refractivity contribution is -0.167. The molecule has 0 aromatic carbocycles. The summed E-state index contributed by atoms with van der Waals surface area (Å²) in [6.45, 7) is 6.53. The molecule has 444 valence electrons. The van der Waals surface area contributed by atoms with Crippen molar-refractivity contribution in [3.05, 3.63) is 85.1 Å². The highest BCUT2D eigenvalue weighted by Crippen LogP contribution is 2.16. The van der Waals surface area contributed by atoms with Gasteiger partial charge in [-0.3, -0.25) is 14.4 Å². The molecule has 0 aromatic rings. The van der Waals surface area contributed by atoms with E-state index in [-0.39, 0.29) is 31.1 Å². The summed E-state index contributed by atoms with van der Waals surface area (Å²) in [7, 11) is 0. The van der Waals surface area contributed by atoms with Crippen molar-refractivity contribution >= 4 is 17.9 Å². The van der Waals surface area contributed by atoms with Crippen molar-refractivity contribution in [2.45, 2.75) is 335 Å². The molecule has 0 saturated heterocycles. The Kier molecular flexibility index (Phi) is 62.2. The zero-order valence-electron chi connectivity index (χ0n) is 51.0. The predicted octanol–water partition coefficient (Wildman–Crippen LogP) is 22.7. The summed E-state index contributed by atoms with van der Waals surface area (Å²) in [4.78, 5) is 38.4. The second-order valence-corrected chi connectivity index (χ2v) is 22.0. The van der Waals surface area contributed by atoms with Crippen molar-refractivity contribution in [2.24, 2.45) is 0 Å². The Hall–Kier alpha value is -3.41. The standard InChI is InChI=1S/C71H124O6/c1-4-7-10-13-16-19-22-25-28-31-33-35-37-40-43-46-49-52-55-58-61-64-70(73)76-67-68(66-75-69(72)63-60-57-54-51-48-45-42-39-30-27-24-21-18-15-12-9-6-3)77-71(74)65-62-59-56-53-50-47-44-41-38-36-34-32-29-26-23-20-17-14-11-8-5-2/h9,12,18,21-22,25,27,30-34,42,45,68H,4-8,10-11,13-17,19-20,23-24,26,28-29,35-41,43-44,46-67H2,1-3H3/b12-9-,21-18-,25-22-,30-27-,33-31-,34-32-,45-42-. The van der Waals surface area contributed by atoms with E-state index in [1.54, 1.807) is 0 Å². The molecule has 0 N–H and O–H groups in total. The molecule has 6 heteroatoms. The molecule has 1 unspecified atom stereocenters. The van der Waals surface area contributed by atoms with Crippen molar-refractivity contribution in [1.29, 1.82) is 0 Å². The molecular formula is C71H124O6. The van der Waals surface area contributed by atoms with Gasteiger partial charge in [0, 0.05) is 19.3 Å². The molecule has 0 rings (SSSR count). The van der Waals surface area contributed by atoms with E-state index >= 15 is 0 Å². The van der Waals surface area contributed by atoms with Crippen LogP contribution in [0.2, 0.25) is 0 Å². The summed E-state index contributed by atoms with van der Waals surface area (Å²) in [6, 6.07) is 0. The van der Waals surface area contributed by atoms with Gasteiger partial charge in [-0.1, -0.05) is 279 Å². The Morgan fingerprint density at radius 3 is 0.805 bits per heavy atom. The summed E-state index contributed by atoms with van der Waals surface area (Å²) < 4.78 is 16.9. The van der Waals surface area contributed by atoms with Crippen LogP contribution in [0.5, 0.6) is 0 Å². The molecule has 0 amide bonds. The number of rotatable bonds is 60. The maximum atomic E-state index is 12.9. The lowest BCUT2D eigenvalue weighted by Gasteiger charge is -2.18. The summed E-state index contributed by atoms with van der Waals surface area (Å²) in [5.41, 5.74) is 0. The summed E-state index contributed by atoms with van der Waals surface area (Å²) >= 11 is 0. The molecule has 77 heavy (non-hydrogen) atoms. The number of allylic oxidation sites excluding steroid dienone is 14. The van der Waals surface area contributed by atoms with Gasteiger partial charge in [-0.05, 0) is 116 Å². The Bertz CT molecular complexity index is 1470. The van der Waals surface area contributed by atoms with Gasteiger partial charge in [0.2, 0.25) is 0 Å². The predicted molar refractivity (Wildman–Crippen MR) is 334 cm³/mol. The minimum Gasteiger partial charge on any atom is -0.462 e. The Morgan fingerprint density at radius 2 is 0.506 bits per heavy atom. The SMILES string of the molecule is CC/C=C\C/C=C\C/C=C\C/C=C\CCCCCCC(=O)OCC(COC(=O)CCCCCCCCCCC/C=C\C/C=C\CCCCCCC)OC(=O)CCCCCCCCCCC/C=C\CCCCCCCCCC. The fraction of sp³-hybridized carbons (Fsp3) is 0.761. The molecule has 0 aliphatic carbocycles. The average molecular weight is 1070 g/mol. The van der Waals surface area contributed by atoms with E-state index in [2.05, 4.69) is 106 Å². The molecule has 0 aliphatic heterocycles. The highest BCUT2D eigenvalue weighted by atomic mass is 16.6. The van der Waals surface area contributed by atoms with E-state index in [0.717, 1.165) is 103 Å². The van der Waals surface area contributed by atoms with Crippen LogP contribution in [-0.2, 0) is 28.6 Å². The van der Waals surface area contributed by atoms with Crippen LogP contribution in [0.15, 0.2) is 85.1 Å². The average Bonchev–Trinajstić information content (AvgIpc) is 3.43. The van der Waals surface area contributed by atoms with Gasteiger partial charge in [-0.2, -0.15) is 0 Å². The molecule has 6 nitrogen and oxygen atoms in total. The molecule has 0 radical (unpaired) electrons. The number of esters is 3. The van der Waals surface area contributed by atoms with E-state index < -0.39 is 6.10 Å². The first-order valence-electron chi connectivity index (χ1n) is 33.1. The first-order chi connectivity index (χ1) is 38.0. The minimum atomic E-state index is -0.792. The number of unbranched alkanes of at least 4 members (excludes halogenated alkanes) is 35. The summed E-state index contributed by atoms with van der Waals surface area (Å²) in [6.07, 6.45) is 85.9. The van der Waals surface area contributed by atoms with Crippen LogP contribution >= 0.6 is 0 Å². The lowest BCUT2D eigenvalue weighted by atomic mass is 10.1. The molecular weight excluding hydrogens is 949 g/mol. The monoisotopic (exact) mass is 1070 g/mol. The Balaban J connectivity index is 4.40. The number of hydrogen-bond acceptors (Lipinski definition) is 6. The number of carbonyl (C=O) groups excluding carboxylic acids is 3. The molecule has 0 aliphatic rings. The molecule has 0 fully saturated rings. The largest absolute Gasteiger partial charge is 0.462 e. The normalized spacial score (nSPS) is 12.6. The maximum absolute atomic E-state index is 12.9. The highest BCUT2D eigenvalue weighted by molar-refractivity contribution is 5.71. The van der Waals surface area contributed by atoms with Gasteiger partial charge in [0.1, 0.15) is 13.2 Å². The zero-order valence-corrected chi connectivity index (χ0v) is 51.0. The Labute approximate surface area is 477 Å². The third kappa shape index (κ3) is 63.3. The third-order valence-corrected chi connectivity index (χ3v) is 14.4. The number of ether oxygens (including phenoxy) is 3. The van der Waals surface area contributed by atoms with Crippen molar-refractivity contribution < 1.29 is 28.6 Å². The highest BCUT2D eigenvalue weighted by Gasteiger charge is 2.19. The van der Waals surface area contributed by atoms with Crippen molar-refractivity contribution in [3.8, 4) is 0 Å². The number of carbonyl (C=O) groups is 3. The molecule has 0 heterocycles. The Morgan fingerprint density at radius 1 is 0.273 bits per heavy atom. The molecule has 0 spiro atoms. The van der Waals surface area contributed by atoms with Gasteiger partial charge >= 0.3 is 17.9 Å². The van der Waals surface area contributed by atoms with Crippen LogP contribution in [0.3, 0.4) is 0 Å². The fourth-order valence-electron chi connectivity index (χ4n) is 9.40. The smallest absolute Gasteiger partial charge is 0.306 e. The fourth-order valence-corrected chi connectivity index (χ4v) is 9.40. The van der Waals surface area contributed by atoms with E-state index in [9.17, 15) is 14.4 Å². The van der Waals surface area contributed by atoms with Crippen LogP contribution < -0.4 is 0 Å².